The van der Waals surface area contributed by atoms with Crippen LogP contribution in [0.1, 0.15) is 26.5 Å². The molecule has 1 aromatic rings. The Labute approximate surface area is 96.5 Å². The van der Waals surface area contributed by atoms with Gasteiger partial charge in [0.05, 0.1) is 16.9 Å². The number of likely N-dealkylation sites (N-methyl/N-ethyl adjacent to an activating group) is 1. The standard InChI is InChI=1S/C12H19N3O/c1-5-14-12(3,4)11(16)15-10-7-6-8-13-9(10)2/h6-8,14H,5H2,1-4H3,(H,15,16). The topological polar surface area (TPSA) is 54.0 Å². The molecule has 0 radical (unpaired) electrons. The van der Waals surface area contributed by atoms with Crippen LogP contribution in [0.25, 0.3) is 0 Å². The predicted octanol–water partition coefficient (Wildman–Crippen LogP) is 1.72. The molecule has 1 rings (SSSR count). The van der Waals surface area contributed by atoms with Crippen LogP contribution in [0.2, 0.25) is 0 Å². The van der Waals surface area contributed by atoms with Crippen LogP contribution in [0.3, 0.4) is 0 Å². The van der Waals surface area contributed by atoms with Crippen LogP contribution in [0.5, 0.6) is 0 Å². The molecule has 0 unspecified atom stereocenters. The molecule has 4 nitrogen and oxygen atoms in total. The van der Waals surface area contributed by atoms with E-state index in [2.05, 4.69) is 15.6 Å². The van der Waals surface area contributed by atoms with Crippen LogP contribution >= 0.6 is 0 Å². The van der Waals surface area contributed by atoms with Crippen LogP contribution in [-0.4, -0.2) is 23.0 Å². The normalized spacial score (nSPS) is 11.2. The van der Waals surface area contributed by atoms with Gasteiger partial charge in [-0.2, -0.15) is 0 Å². The van der Waals surface area contributed by atoms with E-state index in [0.717, 1.165) is 17.9 Å². The lowest BCUT2D eigenvalue weighted by molar-refractivity contribution is -0.121. The first-order valence-electron chi connectivity index (χ1n) is 5.45. The molecule has 0 aliphatic rings. The van der Waals surface area contributed by atoms with Gasteiger partial charge in [0.15, 0.2) is 0 Å². The van der Waals surface area contributed by atoms with Crippen LogP contribution < -0.4 is 10.6 Å². The van der Waals surface area contributed by atoms with Gasteiger partial charge in [0.2, 0.25) is 5.91 Å². The van der Waals surface area contributed by atoms with Crippen molar-refractivity contribution < 1.29 is 4.79 Å². The third-order valence-corrected chi connectivity index (χ3v) is 2.44. The van der Waals surface area contributed by atoms with Crippen molar-refractivity contribution in [3.05, 3.63) is 24.0 Å². The van der Waals surface area contributed by atoms with Crippen LogP contribution in [0, 0.1) is 6.92 Å². The fraction of sp³-hybridized carbons (Fsp3) is 0.500. The van der Waals surface area contributed by atoms with Gasteiger partial charge in [0.1, 0.15) is 0 Å². The van der Waals surface area contributed by atoms with Gasteiger partial charge in [0, 0.05) is 6.20 Å². The number of rotatable bonds is 4. The molecule has 0 spiro atoms. The molecule has 0 bridgehead atoms. The predicted molar refractivity (Wildman–Crippen MR) is 65.4 cm³/mol. The number of hydrogen-bond donors (Lipinski definition) is 2. The van der Waals surface area contributed by atoms with E-state index in [1.165, 1.54) is 0 Å². The Balaban J connectivity index is 2.75. The first-order valence-corrected chi connectivity index (χ1v) is 5.45. The number of aromatic nitrogens is 1. The van der Waals surface area contributed by atoms with Gasteiger partial charge in [-0.05, 0) is 39.4 Å². The largest absolute Gasteiger partial charge is 0.323 e. The second-order valence-electron chi connectivity index (χ2n) is 4.25. The van der Waals surface area contributed by atoms with E-state index in [9.17, 15) is 4.79 Å². The Morgan fingerprint density at radius 1 is 1.50 bits per heavy atom. The van der Waals surface area contributed by atoms with Gasteiger partial charge in [-0.1, -0.05) is 6.92 Å². The monoisotopic (exact) mass is 221 g/mol. The number of carbonyl (C=O) groups is 1. The number of amides is 1. The van der Waals surface area contributed by atoms with Crippen molar-refractivity contribution in [1.82, 2.24) is 10.3 Å². The summed E-state index contributed by atoms with van der Waals surface area (Å²) in [6, 6.07) is 3.66. The third-order valence-electron chi connectivity index (χ3n) is 2.44. The molecule has 0 saturated carbocycles. The van der Waals surface area contributed by atoms with Crippen molar-refractivity contribution in [3.63, 3.8) is 0 Å². The molecule has 0 atom stereocenters. The van der Waals surface area contributed by atoms with Crippen molar-refractivity contribution in [1.29, 1.82) is 0 Å². The van der Waals surface area contributed by atoms with Crippen molar-refractivity contribution in [2.45, 2.75) is 33.2 Å². The van der Waals surface area contributed by atoms with Crippen molar-refractivity contribution in [2.24, 2.45) is 0 Å². The highest BCUT2D eigenvalue weighted by atomic mass is 16.2. The molecular formula is C12H19N3O. The van der Waals surface area contributed by atoms with Crippen molar-refractivity contribution >= 4 is 11.6 Å². The summed E-state index contributed by atoms with van der Waals surface area (Å²) in [5, 5.41) is 6.00. The molecule has 1 amide bonds. The van der Waals surface area contributed by atoms with E-state index in [-0.39, 0.29) is 5.91 Å². The lowest BCUT2D eigenvalue weighted by Gasteiger charge is -2.24. The number of anilines is 1. The molecule has 16 heavy (non-hydrogen) atoms. The Morgan fingerprint density at radius 2 is 2.19 bits per heavy atom. The summed E-state index contributed by atoms with van der Waals surface area (Å²) in [5.41, 5.74) is 1.01. The van der Waals surface area contributed by atoms with Crippen molar-refractivity contribution in [2.75, 3.05) is 11.9 Å². The second kappa shape index (κ2) is 5.07. The van der Waals surface area contributed by atoms with E-state index in [1.54, 1.807) is 6.20 Å². The maximum absolute atomic E-state index is 12.0. The van der Waals surface area contributed by atoms with Crippen LogP contribution in [0.15, 0.2) is 18.3 Å². The molecule has 0 saturated heterocycles. The summed E-state index contributed by atoms with van der Waals surface area (Å²) in [7, 11) is 0. The maximum Gasteiger partial charge on any atom is 0.244 e. The summed E-state index contributed by atoms with van der Waals surface area (Å²) in [6.07, 6.45) is 1.71. The minimum Gasteiger partial charge on any atom is -0.323 e. The van der Waals surface area contributed by atoms with E-state index in [1.807, 2.05) is 39.8 Å². The van der Waals surface area contributed by atoms with E-state index >= 15 is 0 Å². The Morgan fingerprint density at radius 3 is 2.75 bits per heavy atom. The summed E-state index contributed by atoms with van der Waals surface area (Å²) < 4.78 is 0. The summed E-state index contributed by atoms with van der Waals surface area (Å²) in [4.78, 5) is 16.1. The highest BCUT2D eigenvalue weighted by molar-refractivity contribution is 5.97. The molecule has 1 heterocycles. The van der Waals surface area contributed by atoms with Crippen molar-refractivity contribution in [3.8, 4) is 0 Å². The molecule has 0 aliphatic heterocycles. The molecule has 1 aromatic heterocycles. The molecule has 4 heteroatoms. The quantitative estimate of drug-likeness (QED) is 0.814. The Hall–Kier alpha value is -1.42. The second-order valence-corrected chi connectivity index (χ2v) is 4.25. The number of hydrogen-bond acceptors (Lipinski definition) is 3. The third kappa shape index (κ3) is 3.03. The first-order chi connectivity index (χ1) is 7.47. The van der Waals surface area contributed by atoms with Gasteiger partial charge in [0.25, 0.3) is 0 Å². The highest BCUT2D eigenvalue weighted by Crippen LogP contribution is 2.13. The summed E-state index contributed by atoms with van der Waals surface area (Å²) in [6.45, 7) is 8.32. The first kappa shape index (κ1) is 12.6. The number of nitrogens with one attached hydrogen (secondary N) is 2. The van der Waals surface area contributed by atoms with Crippen LogP contribution in [0.4, 0.5) is 5.69 Å². The van der Waals surface area contributed by atoms with Gasteiger partial charge in [-0.3, -0.25) is 9.78 Å². The van der Waals surface area contributed by atoms with Gasteiger partial charge in [-0.25, -0.2) is 0 Å². The molecule has 0 aliphatic carbocycles. The number of aryl methyl sites for hydroxylation is 1. The Kier molecular flexibility index (Phi) is 4.01. The number of nitrogens with zero attached hydrogens (tertiary/aromatic N) is 1. The highest BCUT2D eigenvalue weighted by Gasteiger charge is 2.26. The van der Waals surface area contributed by atoms with Gasteiger partial charge in [-0.15, -0.1) is 0 Å². The molecule has 88 valence electrons. The van der Waals surface area contributed by atoms with E-state index in [4.69, 9.17) is 0 Å². The average molecular weight is 221 g/mol. The van der Waals surface area contributed by atoms with Gasteiger partial charge >= 0.3 is 0 Å². The fourth-order valence-corrected chi connectivity index (χ4v) is 1.42. The number of carbonyl (C=O) groups excluding carboxylic acids is 1. The zero-order chi connectivity index (χ0) is 12.2. The molecule has 0 aromatic carbocycles. The number of pyridine rings is 1. The lowest BCUT2D eigenvalue weighted by Crippen LogP contribution is -2.49. The molecule has 2 N–H and O–H groups in total. The van der Waals surface area contributed by atoms with E-state index in [0.29, 0.717) is 0 Å². The molecule has 0 fully saturated rings. The minimum atomic E-state index is -0.572. The molecular weight excluding hydrogens is 202 g/mol. The smallest absolute Gasteiger partial charge is 0.244 e. The minimum absolute atomic E-state index is 0.0505. The summed E-state index contributed by atoms with van der Waals surface area (Å²) in [5.74, 6) is -0.0505. The SMILES string of the molecule is CCNC(C)(C)C(=O)Nc1cccnc1C. The summed E-state index contributed by atoms with van der Waals surface area (Å²) >= 11 is 0. The van der Waals surface area contributed by atoms with Gasteiger partial charge < -0.3 is 10.6 Å². The van der Waals surface area contributed by atoms with E-state index < -0.39 is 5.54 Å². The lowest BCUT2D eigenvalue weighted by atomic mass is 10.0. The zero-order valence-electron chi connectivity index (χ0n) is 10.3. The maximum atomic E-state index is 12.0. The fourth-order valence-electron chi connectivity index (χ4n) is 1.42. The average Bonchev–Trinajstić information content (AvgIpc) is 2.21. The Bertz CT molecular complexity index is 374. The van der Waals surface area contributed by atoms with Crippen LogP contribution in [-0.2, 0) is 4.79 Å². The zero-order valence-corrected chi connectivity index (χ0v) is 10.3.